The van der Waals surface area contributed by atoms with Crippen LogP contribution >= 0.6 is 11.3 Å². The average Bonchev–Trinajstić information content (AvgIpc) is 2.59. The smallest absolute Gasteiger partial charge is 0.115 e. The first-order chi connectivity index (χ1) is 7.75. The first-order valence-corrected chi connectivity index (χ1v) is 5.95. The Morgan fingerprint density at radius 1 is 1.19 bits per heavy atom. The van der Waals surface area contributed by atoms with Crippen molar-refractivity contribution in [3.63, 3.8) is 0 Å². The summed E-state index contributed by atoms with van der Waals surface area (Å²) >= 11 is 1.74. The van der Waals surface area contributed by atoms with E-state index in [1.54, 1.807) is 17.7 Å². The number of nitrogens with one attached hydrogen (secondary N) is 1. The lowest BCUT2D eigenvalue weighted by Crippen LogP contribution is -2.12. The summed E-state index contributed by atoms with van der Waals surface area (Å²) in [6.45, 7) is 5.72. The Bertz CT molecular complexity index is 452. The van der Waals surface area contributed by atoms with Crippen molar-refractivity contribution in [1.82, 2.24) is 20.3 Å². The fraction of sp³-hybridized carbons (Fsp3) is 0.364. The van der Waals surface area contributed by atoms with Crippen molar-refractivity contribution in [1.29, 1.82) is 0 Å². The third-order valence-electron chi connectivity index (χ3n) is 2.23. The summed E-state index contributed by atoms with van der Waals surface area (Å²) in [5.41, 5.74) is 2.22. The number of aromatic nitrogens is 3. The number of aryl methyl sites for hydroxylation is 2. The summed E-state index contributed by atoms with van der Waals surface area (Å²) in [6.07, 6.45) is 5.19. The quantitative estimate of drug-likeness (QED) is 0.877. The van der Waals surface area contributed by atoms with Crippen LogP contribution in [0.5, 0.6) is 0 Å². The fourth-order valence-electron chi connectivity index (χ4n) is 1.48. The Kier molecular flexibility index (Phi) is 3.58. The highest BCUT2D eigenvalue weighted by Crippen LogP contribution is 2.16. The Hall–Kier alpha value is -1.33. The minimum atomic E-state index is 0.789. The lowest BCUT2D eigenvalue weighted by Gasteiger charge is -2.02. The predicted molar refractivity (Wildman–Crippen MR) is 64.2 cm³/mol. The molecule has 0 saturated heterocycles. The minimum absolute atomic E-state index is 0.789. The van der Waals surface area contributed by atoms with Gasteiger partial charge in [-0.1, -0.05) is 0 Å². The summed E-state index contributed by atoms with van der Waals surface area (Å²) in [6, 6.07) is 0. The first kappa shape index (κ1) is 11.2. The van der Waals surface area contributed by atoms with Gasteiger partial charge in [0, 0.05) is 35.9 Å². The second-order valence-electron chi connectivity index (χ2n) is 3.59. The van der Waals surface area contributed by atoms with Gasteiger partial charge in [0.15, 0.2) is 0 Å². The zero-order chi connectivity index (χ0) is 11.4. The van der Waals surface area contributed by atoms with Crippen LogP contribution in [0, 0.1) is 13.8 Å². The molecule has 0 aliphatic carbocycles. The molecule has 5 heteroatoms. The predicted octanol–water partition coefficient (Wildman–Crippen LogP) is 1.84. The van der Waals surface area contributed by atoms with Crippen molar-refractivity contribution in [3.05, 3.63) is 39.9 Å². The normalized spacial score (nSPS) is 10.6. The standard InChI is InChI=1S/C11H14N4S/c1-8-11(16-9(2)15-8)6-12-3-10-4-13-7-14-5-10/h4-5,7,12H,3,6H2,1-2H3. The van der Waals surface area contributed by atoms with Crippen molar-refractivity contribution >= 4 is 11.3 Å². The average molecular weight is 234 g/mol. The highest BCUT2D eigenvalue weighted by Gasteiger charge is 2.03. The van der Waals surface area contributed by atoms with Crippen molar-refractivity contribution in [2.45, 2.75) is 26.9 Å². The molecule has 0 radical (unpaired) electrons. The van der Waals surface area contributed by atoms with Crippen LogP contribution in [0.2, 0.25) is 0 Å². The van der Waals surface area contributed by atoms with Crippen molar-refractivity contribution in [2.75, 3.05) is 0 Å². The largest absolute Gasteiger partial charge is 0.308 e. The van der Waals surface area contributed by atoms with Gasteiger partial charge in [0.1, 0.15) is 6.33 Å². The van der Waals surface area contributed by atoms with E-state index in [2.05, 4.69) is 20.3 Å². The molecule has 0 aliphatic heterocycles. The van der Waals surface area contributed by atoms with Gasteiger partial charge in [0.25, 0.3) is 0 Å². The summed E-state index contributed by atoms with van der Waals surface area (Å²) in [4.78, 5) is 13.6. The number of rotatable bonds is 4. The monoisotopic (exact) mass is 234 g/mol. The maximum Gasteiger partial charge on any atom is 0.115 e. The number of thiazole rings is 1. The number of nitrogens with zero attached hydrogens (tertiary/aromatic N) is 3. The number of hydrogen-bond acceptors (Lipinski definition) is 5. The van der Waals surface area contributed by atoms with Gasteiger partial charge in [-0.15, -0.1) is 11.3 Å². The molecule has 0 saturated carbocycles. The molecule has 0 amide bonds. The molecule has 2 aromatic heterocycles. The first-order valence-electron chi connectivity index (χ1n) is 5.13. The molecule has 0 unspecified atom stereocenters. The van der Waals surface area contributed by atoms with Crippen LogP contribution < -0.4 is 5.32 Å². The van der Waals surface area contributed by atoms with E-state index >= 15 is 0 Å². The summed E-state index contributed by atoms with van der Waals surface area (Å²) < 4.78 is 0. The third-order valence-corrected chi connectivity index (χ3v) is 3.30. The molecule has 2 heterocycles. The van der Waals surface area contributed by atoms with Gasteiger partial charge >= 0.3 is 0 Å². The maximum atomic E-state index is 4.39. The molecule has 16 heavy (non-hydrogen) atoms. The second kappa shape index (κ2) is 5.14. The van der Waals surface area contributed by atoms with E-state index in [-0.39, 0.29) is 0 Å². The Balaban J connectivity index is 1.87. The van der Waals surface area contributed by atoms with Crippen LogP contribution in [0.3, 0.4) is 0 Å². The zero-order valence-electron chi connectivity index (χ0n) is 9.40. The topological polar surface area (TPSA) is 50.7 Å². The molecule has 0 aromatic carbocycles. The van der Waals surface area contributed by atoms with Crippen LogP contribution in [0.25, 0.3) is 0 Å². The van der Waals surface area contributed by atoms with Gasteiger partial charge in [-0.2, -0.15) is 0 Å². The zero-order valence-corrected chi connectivity index (χ0v) is 10.2. The molecule has 0 aliphatic rings. The number of hydrogen-bond donors (Lipinski definition) is 1. The van der Waals surface area contributed by atoms with Gasteiger partial charge < -0.3 is 5.32 Å². The van der Waals surface area contributed by atoms with Gasteiger partial charge in [0.05, 0.1) is 10.7 Å². The molecule has 2 aromatic rings. The van der Waals surface area contributed by atoms with E-state index < -0.39 is 0 Å². The molecule has 2 rings (SSSR count). The van der Waals surface area contributed by atoms with Gasteiger partial charge in [-0.3, -0.25) is 0 Å². The van der Waals surface area contributed by atoms with Crippen LogP contribution in [0.15, 0.2) is 18.7 Å². The molecule has 0 bridgehead atoms. The van der Waals surface area contributed by atoms with Crippen LogP contribution in [-0.2, 0) is 13.1 Å². The van der Waals surface area contributed by atoms with E-state index in [4.69, 9.17) is 0 Å². The minimum Gasteiger partial charge on any atom is -0.308 e. The van der Waals surface area contributed by atoms with Gasteiger partial charge in [-0.25, -0.2) is 15.0 Å². The van der Waals surface area contributed by atoms with E-state index in [1.165, 1.54) is 4.88 Å². The molecule has 84 valence electrons. The molecule has 0 spiro atoms. The third kappa shape index (κ3) is 2.84. The van der Waals surface area contributed by atoms with Crippen molar-refractivity contribution < 1.29 is 0 Å². The highest BCUT2D eigenvalue weighted by molar-refractivity contribution is 7.11. The van der Waals surface area contributed by atoms with E-state index in [9.17, 15) is 0 Å². The SMILES string of the molecule is Cc1nc(C)c(CNCc2cncnc2)s1. The summed E-state index contributed by atoms with van der Waals surface area (Å²) in [5.74, 6) is 0. The molecule has 1 N–H and O–H groups in total. The molecule has 4 nitrogen and oxygen atoms in total. The molecular formula is C11H14N4S. The second-order valence-corrected chi connectivity index (χ2v) is 4.88. The van der Waals surface area contributed by atoms with Crippen LogP contribution in [-0.4, -0.2) is 15.0 Å². The van der Waals surface area contributed by atoms with E-state index in [1.807, 2.05) is 26.2 Å². The molecule has 0 fully saturated rings. The Morgan fingerprint density at radius 3 is 2.56 bits per heavy atom. The van der Waals surface area contributed by atoms with Crippen molar-refractivity contribution in [3.8, 4) is 0 Å². The Morgan fingerprint density at radius 2 is 1.94 bits per heavy atom. The van der Waals surface area contributed by atoms with Gasteiger partial charge in [0.2, 0.25) is 0 Å². The highest BCUT2D eigenvalue weighted by atomic mass is 32.1. The molecule has 0 atom stereocenters. The van der Waals surface area contributed by atoms with Crippen LogP contribution in [0.1, 0.15) is 21.1 Å². The molecular weight excluding hydrogens is 220 g/mol. The maximum absolute atomic E-state index is 4.39. The van der Waals surface area contributed by atoms with Crippen molar-refractivity contribution in [2.24, 2.45) is 0 Å². The lowest BCUT2D eigenvalue weighted by molar-refractivity contribution is 0.692. The Labute approximate surface area is 98.8 Å². The lowest BCUT2D eigenvalue weighted by atomic mass is 10.3. The summed E-state index contributed by atoms with van der Waals surface area (Å²) in [5, 5.41) is 4.49. The van der Waals surface area contributed by atoms with Crippen LogP contribution in [0.4, 0.5) is 0 Å². The van der Waals surface area contributed by atoms with E-state index in [0.29, 0.717) is 0 Å². The van der Waals surface area contributed by atoms with E-state index in [0.717, 1.165) is 29.4 Å². The fourth-order valence-corrected chi connectivity index (χ4v) is 2.39. The summed E-state index contributed by atoms with van der Waals surface area (Å²) in [7, 11) is 0. The van der Waals surface area contributed by atoms with Gasteiger partial charge in [-0.05, 0) is 13.8 Å².